The second-order valence-electron chi connectivity index (χ2n) is 9.02. The van der Waals surface area contributed by atoms with Gasteiger partial charge in [0.25, 0.3) is 0 Å². The van der Waals surface area contributed by atoms with Gasteiger partial charge in [-0.2, -0.15) is 0 Å². The van der Waals surface area contributed by atoms with Gasteiger partial charge in [-0.1, -0.05) is 104 Å². The SMILES string of the molecule is C=CCc1cc(CC(=C)C(C)(C)c2ccc(Cc3ccc(C)cc3)cc2)ccc1C. The fraction of sp³-hybridized carbons (Fsp3) is 0.267. The fourth-order valence-electron chi connectivity index (χ4n) is 3.86. The third-order valence-electron chi connectivity index (χ3n) is 6.28. The van der Waals surface area contributed by atoms with E-state index in [0.717, 1.165) is 19.3 Å². The molecule has 0 atom stereocenters. The van der Waals surface area contributed by atoms with Crippen molar-refractivity contribution in [2.24, 2.45) is 0 Å². The lowest BCUT2D eigenvalue weighted by Crippen LogP contribution is -2.21. The van der Waals surface area contributed by atoms with Crippen LogP contribution in [-0.2, 0) is 24.7 Å². The van der Waals surface area contributed by atoms with Crippen molar-refractivity contribution in [1.82, 2.24) is 0 Å². The smallest absolute Gasteiger partial charge is 0.0106 e. The molecule has 0 aliphatic rings. The van der Waals surface area contributed by atoms with Gasteiger partial charge in [0.1, 0.15) is 0 Å². The Hall–Kier alpha value is -2.86. The highest BCUT2D eigenvalue weighted by atomic mass is 14.3. The summed E-state index contributed by atoms with van der Waals surface area (Å²) in [4.78, 5) is 0. The summed E-state index contributed by atoms with van der Waals surface area (Å²) in [6.07, 6.45) is 4.75. The topological polar surface area (TPSA) is 0 Å². The molecule has 0 nitrogen and oxygen atoms in total. The minimum absolute atomic E-state index is 0.0775. The van der Waals surface area contributed by atoms with Crippen LogP contribution >= 0.6 is 0 Å². The molecule has 0 amide bonds. The standard InChI is InChI=1S/C30H34/c1-7-8-28-21-27(14-11-23(28)3)19-24(4)30(5,6)29-17-15-26(16-18-29)20-25-12-9-22(2)10-13-25/h7,9-18,21H,1,4,8,19-20H2,2-3,5-6H3. The van der Waals surface area contributed by atoms with E-state index in [1.54, 1.807) is 0 Å². The van der Waals surface area contributed by atoms with E-state index in [1.807, 2.05) is 6.08 Å². The van der Waals surface area contributed by atoms with Gasteiger partial charge in [0, 0.05) is 5.41 Å². The van der Waals surface area contributed by atoms with Gasteiger partial charge >= 0.3 is 0 Å². The van der Waals surface area contributed by atoms with Crippen molar-refractivity contribution < 1.29 is 0 Å². The number of allylic oxidation sites excluding steroid dienone is 2. The van der Waals surface area contributed by atoms with Crippen molar-refractivity contribution in [2.75, 3.05) is 0 Å². The molecule has 0 aromatic heterocycles. The Morgan fingerprint density at radius 3 is 2.00 bits per heavy atom. The summed E-state index contributed by atoms with van der Waals surface area (Å²) in [5.74, 6) is 0. The van der Waals surface area contributed by atoms with Crippen LogP contribution in [-0.4, -0.2) is 0 Å². The average molecular weight is 395 g/mol. The van der Waals surface area contributed by atoms with Crippen LogP contribution in [0.1, 0.15) is 52.8 Å². The van der Waals surface area contributed by atoms with Crippen molar-refractivity contribution >= 4 is 0 Å². The summed E-state index contributed by atoms with van der Waals surface area (Å²) in [7, 11) is 0. The minimum Gasteiger partial charge on any atom is -0.103 e. The van der Waals surface area contributed by atoms with Crippen molar-refractivity contribution in [3.8, 4) is 0 Å². The maximum absolute atomic E-state index is 4.47. The third kappa shape index (κ3) is 5.19. The molecule has 3 rings (SSSR count). The highest BCUT2D eigenvalue weighted by Gasteiger charge is 2.24. The van der Waals surface area contributed by atoms with Crippen molar-refractivity contribution in [2.45, 2.75) is 52.4 Å². The Morgan fingerprint density at radius 2 is 1.40 bits per heavy atom. The van der Waals surface area contributed by atoms with E-state index in [4.69, 9.17) is 0 Å². The molecule has 3 aromatic rings. The Morgan fingerprint density at radius 1 is 0.833 bits per heavy atom. The largest absolute Gasteiger partial charge is 0.103 e. The van der Waals surface area contributed by atoms with Gasteiger partial charge in [-0.15, -0.1) is 6.58 Å². The molecule has 0 radical (unpaired) electrons. The first-order chi connectivity index (χ1) is 14.3. The lowest BCUT2D eigenvalue weighted by atomic mass is 9.75. The predicted molar refractivity (Wildman–Crippen MR) is 131 cm³/mol. The van der Waals surface area contributed by atoms with E-state index in [9.17, 15) is 0 Å². The van der Waals surface area contributed by atoms with E-state index in [1.165, 1.54) is 44.5 Å². The summed E-state index contributed by atoms with van der Waals surface area (Å²) < 4.78 is 0. The van der Waals surface area contributed by atoms with E-state index in [2.05, 4.69) is 108 Å². The first kappa shape index (κ1) is 21.8. The average Bonchev–Trinajstić information content (AvgIpc) is 2.73. The first-order valence-electron chi connectivity index (χ1n) is 10.8. The molecule has 0 spiro atoms. The predicted octanol–water partition coefficient (Wildman–Crippen LogP) is 7.70. The van der Waals surface area contributed by atoms with Crippen molar-refractivity contribution in [1.29, 1.82) is 0 Å². The zero-order valence-electron chi connectivity index (χ0n) is 19.0. The maximum atomic E-state index is 4.47. The summed E-state index contributed by atoms with van der Waals surface area (Å²) >= 11 is 0. The van der Waals surface area contributed by atoms with Crippen LogP contribution in [0.4, 0.5) is 0 Å². The third-order valence-corrected chi connectivity index (χ3v) is 6.28. The molecule has 0 aliphatic carbocycles. The monoisotopic (exact) mass is 394 g/mol. The Labute approximate surface area is 183 Å². The van der Waals surface area contributed by atoms with Crippen LogP contribution in [0.25, 0.3) is 0 Å². The van der Waals surface area contributed by atoms with Crippen molar-refractivity contribution in [3.63, 3.8) is 0 Å². The number of benzene rings is 3. The van der Waals surface area contributed by atoms with E-state index in [-0.39, 0.29) is 5.41 Å². The zero-order chi connectivity index (χ0) is 21.7. The van der Waals surface area contributed by atoms with Crippen LogP contribution in [0.15, 0.2) is 91.5 Å². The van der Waals surface area contributed by atoms with Crippen LogP contribution in [0.3, 0.4) is 0 Å². The minimum atomic E-state index is -0.0775. The zero-order valence-corrected chi connectivity index (χ0v) is 19.0. The molecule has 0 unspecified atom stereocenters. The highest BCUT2D eigenvalue weighted by molar-refractivity contribution is 5.40. The van der Waals surface area contributed by atoms with E-state index >= 15 is 0 Å². The number of rotatable bonds is 8. The van der Waals surface area contributed by atoms with Crippen LogP contribution in [0.2, 0.25) is 0 Å². The molecule has 0 aliphatic heterocycles. The van der Waals surface area contributed by atoms with E-state index < -0.39 is 0 Å². The second kappa shape index (κ2) is 9.30. The molecule has 0 heterocycles. The molecule has 0 N–H and O–H groups in total. The molecular weight excluding hydrogens is 360 g/mol. The fourth-order valence-corrected chi connectivity index (χ4v) is 3.86. The lowest BCUT2D eigenvalue weighted by Gasteiger charge is -2.29. The van der Waals surface area contributed by atoms with Gasteiger partial charge < -0.3 is 0 Å². The van der Waals surface area contributed by atoms with Crippen molar-refractivity contribution in [3.05, 3.63) is 130 Å². The summed E-state index contributed by atoms with van der Waals surface area (Å²) in [5.41, 5.74) is 10.5. The van der Waals surface area contributed by atoms with E-state index in [0.29, 0.717) is 0 Å². The molecule has 30 heavy (non-hydrogen) atoms. The van der Waals surface area contributed by atoms with Gasteiger partial charge in [-0.25, -0.2) is 0 Å². The second-order valence-corrected chi connectivity index (χ2v) is 9.02. The van der Waals surface area contributed by atoms with Gasteiger partial charge in [-0.3, -0.25) is 0 Å². The lowest BCUT2D eigenvalue weighted by molar-refractivity contribution is 0.609. The Kier molecular flexibility index (Phi) is 6.77. The quantitative estimate of drug-likeness (QED) is 0.343. The first-order valence-corrected chi connectivity index (χ1v) is 10.8. The molecule has 0 saturated heterocycles. The van der Waals surface area contributed by atoms with Crippen LogP contribution in [0.5, 0.6) is 0 Å². The molecule has 0 heteroatoms. The Bertz CT molecular complexity index is 1010. The normalized spacial score (nSPS) is 11.3. The van der Waals surface area contributed by atoms with Crippen LogP contribution in [0, 0.1) is 13.8 Å². The molecular formula is C30H34. The number of hydrogen-bond acceptors (Lipinski definition) is 0. The highest BCUT2D eigenvalue weighted by Crippen LogP contribution is 2.33. The van der Waals surface area contributed by atoms with Gasteiger partial charge in [0.15, 0.2) is 0 Å². The van der Waals surface area contributed by atoms with Gasteiger partial charge in [0.05, 0.1) is 0 Å². The van der Waals surface area contributed by atoms with Crippen LogP contribution < -0.4 is 0 Å². The molecule has 0 saturated carbocycles. The van der Waals surface area contributed by atoms with Gasteiger partial charge in [0.2, 0.25) is 0 Å². The van der Waals surface area contributed by atoms with Gasteiger partial charge in [-0.05, 0) is 66.5 Å². The summed E-state index contributed by atoms with van der Waals surface area (Å²) in [6, 6.07) is 24.6. The molecule has 0 bridgehead atoms. The number of hydrogen-bond donors (Lipinski definition) is 0. The maximum Gasteiger partial charge on any atom is 0.0106 e. The number of aryl methyl sites for hydroxylation is 2. The Balaban J connectivity index is 1.72. The molecule has 154 valence electrons. The summed E-state index contributed by atoms with van der Waals surface area (Å²) in [5, 5.41) is 0. The molecule has 3 aromatic carbocycles. The summed E-state index contributed by atoms with van der Waals surface area (Å²) in [6.45, 7) is 17.2. The molecule has 0 fully saturated rings.